The van der Waals surface area contributed by atoms with Gasteiger partial charge in [0, 0.05) is 19.3 Å². The number of nitrogens with zero attached hydrogens (tertiary/aromatic N) is 4. The first-order valence-corrected chi connectivity index (χ1v) is 10.2. The number of fused-ring (bicyclic) bond motifs is 1. The van der Waals surface area contributed by atoms with Crippen LogP contribution < -0.4 is 4.90 Å². The molecular weight excluding hydrogens is 360 g/mol. The zero-order valence-electron chi connectivity index (χ0n) is 15.9. The van der Waals surface area contributed by atoms with E-state index in [0.717, 1.165) is 36.2 Å². The molecule has 0 aliphatic carbocycles. The third-order valence-electron chi connectivity index (χ3n) is 4.88. The maximum atomic E-state index is 13.3. The van der Waals surface area contributed by atoms with Crippen molar-refractivity contribution in [3.05, 3.63) is 41.2 Å². The van der Waals surface area contributed by atoms with Crippen LogP contribution in [0.3, 0.4) is 0 Å². The van der Waals surface area contributed by atoms with Crippen LogP contribution in [0.15, 0.2) is 24.4 Å². The molecule has 1 unspecified atom stereocenters. The molecule has 0 radical (unpaired) electrons. The van der Waals surface area contributed by atoms with Gasteiger partial charge >= 0.3 is 0 Å². The SMILES string of the molecule is CCn1ccc(C(=O)N(CC2CCCO2)c2nc3cc(C)cc(C)c3s2)n1. The van der Waals surface area contributed by atoms with Gasteiger partial charge in [-0.05, 0) is 56.9 Å². The van der Waals surface area contributed by atoms with Gasteiger partial charge in [-0.15, -0.1) is 0 Å². The molecule has 1 atom stereocenters. The Kier molecular flexibility index (Phi) is 4.97. The van der Waals surface area contributed by atoms with Crippen molar-refractivity contribution in [1.29, 1.82) is 0 Å². The maximum Gasteiger partial charge on any atom is 0.280 e. The molecule has 1 aromatic carbocycles. The number of amides is 1. The van der Waals surface area contributed by atoms with Gasteiger partial charge in [0.05, 0.1) is 22.9 Å². The first-order chi connectivity index (χ1) is 13.0. The van der Waals surface area contributed by atoms with Gasteiger partial charge in [-0.2, -0.15) is 5.10 Å². The number of anilines is 1. The van der Waals surface area contributed by atoms with E-state index in [0.29, 0.717) is 17.4 Å². The fourth-order valence-electron chi connectivity index (χ4n) is 3.51. The molecule has 1 saturated heterocycles. The largest absolute Gasteiger partial charge is 0.376 e. The van der Waals surface area contributed by atoms with Crippen molar-refractivity contribution < 1.29 is 9.53 Å². The van der Waals surface area contributed by atoms with Crippen molar-refractivity contribution in [3.63, 3.8) is 0 Å². The quantitative estimate of drug-likeness (QED) is 0.668. The summed E-state index contributed by atoms with van der Waals surface area (Å²) in [6.45, 7) is 8.16. The summed E-state index contributed by atoms with van der Waals surface area (Å²) >= 11 is 1.56. The summed E-state index contributed by atoms with van der Waals surface area (Å²) in [4.78, 5) is 19.8. The van der Waals surface area contributed by atoms with Crippen LogP contribution in [0.5, 0.6) is 0 Å². The van der Waals surface area contributed by atoms with E-state index in [1.807, 2.05) is 13.1 Å². The molecule has 0 N–H and O–H groups in total. The molecule has 2 aromatic heterocycles. The van der Waals surface area contributed by atoms with Crippen molar-refractivity contribution >= 4 is 32.6 Å². The van der Waals surface area contributed by atoms with E-state index in [1.165, 1.54) is 11.1 Å². The minimum Gasteiger partial charge on any atom is -0.376 e. The van der Waals surface area contributed by atoms with Crippen molar-refractivity contribution in [3.8, 4) is 0 Å². The van der Waals surface area contributed by atoms with Crippen LogP contribution in [0.25, 0.3) is 10.2 Å². The minimum absolute atomic E-state index is 0.0528. The van der Waals surface area contributed by atoms with Crippen LogP contribution in [0.2, 0.25) is 0 Å². The number of hydrogen-bond acceptors (Lipinski definition) is 5. The molecule has 1 fully saturated rings. The number of rotatable bonds is 5. The van der Waals surface area contributed by atoms with E-state index in [-0.39, 0.29) is 12.0 Å². The van der Waals surface area contributed by atoms with Crippen LogP contribution in [0.1, 0.15) is 41.4 Å². The third-order valence-corrected chi connectivity index (χ3v) is 6.11. The summed E-state index contributed by atoms with van der Waals surface area (Å²) in [5, 5.41) is 5.11. The molecule has 6 nitrogen and oxygen atoms in total. The standard InChI is InChI=1S/C20H24N4O2S/c1-4-23-8-7-16(22-23)19(25)24(12-15-6-5-9-26-15)20-21-17-11-13(2)10-14(3)18(17)27-20/h7-8,10-11,15H,4-6,9,12H2,1-3H3. The Morgan fingerprint density at radius 1 is 1.41 bits per heavy atom. The van der Waals surface area contributed by atoms with E-state index >= 15 is 0 Å². The molecule has 3 aromatic rings. The molecule has 1 aliphatic rings. The summed E-state index contributed by atoms with van der Waals surface area (Å²) in [5.41, 5.74) is 3.75. The Morgan fingerprint density at radius 2 is 2.26 bits per heavy atom. The second-order valence-corrected chi connectivity index (χ2v) is 8.01. The molecule has 0 spiro atoms. The van der Waals surface area contributed by atoms with Crippen molar-refractivity contribution in [2.24, 2.45) is 0 Å². The predicted molar refractivity (Wildman–Crippen MR) is 108 cm³/mol. The average molecular weight is 385 g/mol. The monoisotopic (exact) mass is 384 g/mol. The summed E-state index contributed by atoms with van der Waals surface area (Å²) in [6.07, 6.45) is 3.89. The van der Waals surface area contributed by atoms with E-state index in [2.05, 4.69) is 31.1 Å². The lowest BCUT2D eigenvalue weighted by Gasteiger charge is -2.22. The molecule has 1 amide bonds. The highest BCUT2D eigenvalue weighted by atomic mass is 32.1. The zero-order chi connectivity index (χ0) is 19.0. The molecule has 142 valence electrons. The van der Waals surface area contributed by atoms with Crippen LogP contribution in [0, 0.1) is 13.8 Å². The van der Waals surface area contributed by atoms with Crippen LogP contribution in [0.4, 0.5) is 5.13 Å². The lowest BCUT2D eigenvalue weighted by Crippen LogP contribution is -2.37. The van der Waals surface area contributed by atoms with Crippen molar-refractivity contribution in [2.45, 2.75) is 46.3 Å². The van der Waals surface area contributed by atoms with E-state index < -0.39 is 0 Å². The Hall–Kier alpha value is -2.25. The Labute approximate surface area is 162 Å². The highest BCUT2D eigenvalue weighted by Gasteiger charge is 2.28. The Bertz CT molecular complexity index is 972. The number of hydrogen-bond donors (Lipinski definition) is 0. The van der Waals surface area contributed by atoms with Gasteiger partial charge in [0.25, 0.3) is 5.91 Å². The number of benzene rings is 1. The van der Waals surface area contributed by atoms with Gasteiger partial charge in [-0.3, -0.25) is 14.4 Å². The molecule has 7 heteroatoms. The van der Waals surface area contributed by atoms with E-state index in [1.54, 1.807) is 27.0 Å². The summed E-state index contributed by atoms with van der Waals surface area (Å²) in [6, 6.07) is 6.00. The molecule has 1 aliphatic heterocycles. The van der Waals surface area contributed by atoms with Gasteiger partial charge in [0.1, 0.15) is 0 Å². The third kappa shape index (κ3) is 3.61. The Morgan fingerprint density at radius 3 is 2.96 bits per heavy atom. The first-order valence-electron chi connectivity index (χ1n) is 9.40. The number of ether oxygens (including phenoxy) is 1. The fraction of sp³-hybridized carbons (Fsp3) is 0.450. The van der Waals surface area contributed by atoms with Crippen LogP contribution in [-0.2, 0) is 11.3 Å². The van der Waals surface area contributed by atoms with Gasteiger partial charge in [-0.1, -0.05) is 17.4 Å². The van der Waals surface area contributed by atoms with Crippen molar-refractivity contribution in [1.82, 2.24) is 14.8 Å². The second kappa shape index (κ2) is 7.40. The highest BCUT2D eigenvalue weighted by molar-refractivity contribution is 7.22. The Balaban J connectivity index is 1.72. The number of aromatic nitrogens is 3. The topological polar surface area (TPSA) is 60.2 Å². The molecule has 4 rings (SSSR count). The van der Waals surface area contributed by atoms with E-state index in [4.69, 9.17) is 9.72 Å². The summed E-state index contributed by atoms with van der Waals surface area (Å²) < 4.78 is 8.68. The number of carbonyl (C=O) groups is 1. The van der Waals surface area contributed by atoms with Crippen LogP contribution in [-0.4, -0.2) is 39.9 Å². The zero-order valence-corrected chi connectivity index (χ0v) is 16.8. The van der Waals surface area contributed by atoms with Crippen molar-refractivity contribution in [2.75, 3.05) is 18.1 Å². The lowest BCUT2D eigenvalue weighted by atomic mass is 10.1. The summed E-state index contributed by atoms with van der Waals surface area (Å²) in [7, 11) is 0. The minimum atomic E-state index is -0.119. The molecular formula is C20H24N4O2S. The number of aryl methyl sites for hydroxylation is 3. The second-order valence-electron chi connectivity index (χ2n) is 7.03. The molecule has 27 heavy (non-hydrogen) atoms. The van der Waals surface area contributed by atoms with E-state index in [9.17, 15) is 4.79 Å². The van der Waals surface area contributed by atoms with Gasteiger partial charge < -0.3 is 4.74 Å². The number of carbonyl (C=O) groups excluding carboxylic acids is 1. The molecule has 0 bridgehead atoms. The number of thiazole rings is 1. The van der Waals surface area contributed by atoms with Crippen LogP contribution >= 0.6 is 11.3 Å². The summed E-state index contributed by atoms with van der Waals surface area (Å²) in [5.74, 6) is -0.119. The fourth-order valence-corrected chi connectivity index (χ4v) is 4.53. The molecule has 3 heterocycles. The molecule has 0 saturated carbocycles. The first kappa shape index (κ1) is 18.1. The average Bonchev–Trinajstić information content (AvgIpc) is 3.38. The normalized spacial score (nSPS) is 16.9. The maximum absolute atomic E-state index is 13.3. The van der Waals surface area contributed by atoms with Gasteiger partial charge in [-0.25, -0.2) is 4.98 Å². The smallest absolute Gasteiger partial charge is 0.280 e. The predicted octanol–water partition coefficient (Wildman–Crippen LogP) is 3.96. The highest BCUT2D eigenvalue weighted by Crippen LogP contribution is 2.33. The van der Waals surface area contributed by atoms with Gasteiger partial charge in [0.15, 0.2) is 10.8 Å². The van der Waals surface area contributed by atoms with Gasteiger partial charge in [0.2, 0.25) is 0 Å². The lowest BCUT2D eigenvalue weighted by molar-refractivity contribution is 0.0912.